The zero-order valence-corrected chi connectivity index (χ0v) is 13.3. The summed E-state index contributed by atoms with van der Waals surface area (Å²) in [6.45, 7) is 1.98. The molecule has 4 heteroatoms. The van der Waals surface area contributed by atoms with Crippen LogP contribution in [0.1, 0.15) is 18.5 Å². The van der Waals surface area contributed by atoms with E-state index in [4.69, 9.17) is 4.74 Å². The second-order valence-corrected chi connectivity index (χ2v) is 5.69. The molecule has 3 nitrogen and oxygen atoms in total. The Balaban J connectivity index is 1.84. The first-order valence-electron chi connectivity index (χ1n) is 6.38. The lowest BCUT2D eigenvalue weighted by Crippen LogP contribution is -2.31. The van der Waals surface area contributed by atoms with Gasteiger partial charge in [0.2, 0.25) is 0 Å². The second-order valence-electron chi connectivity index (χ2n) is 4.45. The average molecular weight is 381 g/mol. The zero-order chi connectivity index (χ0) is 14.4. The van der Waals surface area contributed by atoms with Gasteiger partial charge in [-0.05, 0) is 53.3 Å². The van der Waals surface area contributed by atoms with Crippen LogP contribution < -0.4 is 10.1 Å². The van der Waals surface area contributed by atoms with Gasteiger partial charge in [-0.15, -0.1) is 0 Å². The number of rotatable bonds is 5. The fourth-order valence-electron chi connectivity index (χ4n) is 1.81. The SMILES string of the molecule is C[C@H](NC(=O)COc1cccc(I)c1)c1ccccc1. The number of nitrogens with one attached hydrogen (secondary N) is 1. The summed E-state index contributed by atoms with van der Waals surface area (Å²) < 4.78 is 6.55. The van der Waals surface area contributed by atoms with Gasteiger partial charge in [0.15, 0.2) is 6.61 Å². The summed E-state index contributed by atoms with van der Waals surface area (Å²) >= 11 is 2.21. The number of hydrogen-bond acceptors (Lipinski definition) is 2. The van der Waals surface area contributed by atoms with E-state index in [0.717, 1.165) is 9.13 Å². The van der Waals surface area contributed by atoms with Gasteiger partial charge >= 0.3 is 0 Å². The zero-order valence-electron chi connectivity index (χ0n) is 11.2. The summed E-state index contributed by atoms with van der Waals surface area (Å²) in [5, 5.41) is 2.92. The van der Waals surface area contributed by atoms with Gasteiger partial charge < -0.3 is 10.1 Å². The van der Waals surface area contributed by atoms with E-state index in [1.807, 2.05) is 61.5 Å². The first-order chi connectivity index (χ1) is 9.65. The molecule has 0 saturated heterocycles. The first-order valence-corrected chi connectivity index (χ1v) is 7.45. The largest absolute Gasteiger partial charge is 0.484 e. The summed E-state index contributed by atoms with van der Waals surface area (Å²) in [7, 11) is 0. The van der Waals surface area contributed by atoms with Gasteiger partial charge in [-0.3, -0.25) is 4.79 Å². The Labute approximate surface area is 132 Å². The maximum absolute atomic E-state index is 11.8. The number of halogens is 1. The van der Waals surface area contributed by atoms with Gasteiger partial charge in [0, 0.05) is 3.57 Å². The molecular formula is C16H16INO2. The number of ether oxygens (including phenoxy) is 1. The van der Waals surface area contributed by atoms with Crippen molar-refractivity contribution in [3.8, 4) is 5.75 Å². The molecule has 0 bridgehead atoms. The van der Waals surface area contributed by atoms with Crippen molar-refractivity contribution in [2.45, 2.75) is 13.0 Å². The maximum Gasteiger partial charge on any atom is 0.258 e. The molecule has 1 atom stereocenters. The van der Waals surface area contributed by atoms with Crippen LogP contribution in [0.4, 0.5) is 0 Å². The summed E-state index contributed by atoms with van der Waals surface area (Å²) in [5.74, 6) is 0.583. The van der Waals surface area contributed by atoms with Crippen molar-refractivity contribution in [3.63, 3.8) is 0 Å². The standard InChI is InChI=1S/C16H16INO2/c1-12(13-6-3-2-4-7-13)18-16(19)11-20-15-9-5-8-14(17)10-15/h2-10,12H,11H2,1H3,(H,18,19)/t12-/m0/s1. The molecule has 0 aliphatic carbocycles. The fourth-order valence-corrected chi connectivity index (χ4v) is 2.33. The van der Waals surface area contributed by atoms with E-state index in [1.165, 1.54) is 0 Å². The minimum Gasteiger partial charge on any atom is -0.484 e. The Kier molecular flexibility index (Phi) is 5.40. The Hall–Kier alpha value is -1.56. The Bertz CT molecular complexity index is 572. The molecule has 0 unspecified atom stereocenters. The molecule has 0 aromatic heterocycles. The van der Waals surface area contributed by atoms with E-state index in [0.29, 0.717) is 5.75 Å². The molecule has 0 heterocycles. The monoisotopic (exact) mass is 381 g/mol. The number of amides is 1. The van der Waals surface area contributed by atoms with Crippen LogP contribution in [-0.2, 0) is 4.79 Å². The van der Waals surface area contributed by atoms with Crippen LogP contribution in [0, 0.1) is 3.57 Å². The van der Waals surface area contributed by atoms with Gasteiger partial charge in [-0.2, -0.15) is 0 Å². The van der Waals surface area contributed by atoms with E-state index in [-0.39, 0.29) is 18.6 Å². The third-order valence-corrected chi connectivity index (χ3v) is 3.51. The minimum absolute atomic E-state index is 0.0248. The molecule has 0 spiro atoms. The van der Waals surface area contributed by atoms with Crippen LogP contribution in [0.2, 0.25) is 0 Å². The molecule has 0 saturated carbocycles. The molecule has 0 fully saturated rings. The van der Waals surface area contributed by atoms with Crippen LogP contribution in [0.15, 0.2) is 54.6 Å². The highest BCUT2D eigenvalue weighted by Gasteiger charge is 2.09. The van der Waals surface area contributed by atoms with Crippen molar-refractivity contribution in [1.29, 1.82) is 0 Å². The third-order valence-electron chi connectivity index (χ3n) is 2.84. The molecule has 2 aromatic carbocycles. The molecule has 1 amide bonds. The van der Waals surface area contributed by atoms with E-state index < -0.39 is 0 Å². The molecule has 1 N–H and O–H groups in total. The van der Waals surface area contributed by atoms with Crippen LogP contribution in [0.3, 0.4) is 0 Å². The van der Waals surface area contributed by atoms with Gasteiger partial charge in [-0.25, -0.2) is 0 Å². The summed E-state index contributed by atoms with van der Waals surface area (Å²) in [5.41, 5.74) is 1.08. The van der Waals surface area contributed by atoms with Crippen LogP contribution in [0.5, 0.6) is 5.75 Å². The van der Waals surface area contributed by atoms with Gasteiger partial charge in [0.1, 0.15) is 5.75 Å². The predicted octanol–water partition coefficient (Wildman–Crippen LogP) is 3.55. The van der Waals surface area contributed by atoms with Crippen molar-refractivity contribution >= 4 is 28.5 Å². The Morgan fingerprint density at radius 1 is 1.20 bits per heavy atom. The van der Waals surface area contributed by atoms with Crippen molar-refractivity contribution in [1.82, 2.24) is 5.32 Å². The number of carbonyl (C=O) groups is 1. The van der Waals surface area contributed by atoms with Crippen molar-refractivity contribution in [2.75, 3.05) is 6.61 Å². The molecular weight excluding hydrogens is 365 g/mol. The van der Waals surface area contributed by atoms with E-state index in [1.54, 1.807) is 0 Å². The lowest BCUT2D eigenvalue weighted by molar-refractivity contribution is -0.123. The predicted molar refractivity (Wildman–Crippen MR) is 87.7 cm³/mol. The molecule has 104 valence electrons. The fraction of sp³-hybridized carbons (Fsp3) is 0.188. The van der Waals surface area contributed by atoms with Gasteiger partial charge in [0.25, 0.3) is 5.91 Å². The average Bonchev–Trinajstić information content (AvgIpc) is 2.46. The summed E-state index contributed by atoms with van der Waals surface area (Å²) in [6.07, 6.45) is 0. The Morgan fingerprint density at radius 2 is 1.95 bits per heavy atom. The smallest absolute Gasteiger partial charge is 0.258 e. The summed E-state index contributed by atoms with van der Waals surface area (Å²) in [4.78, 5) is 11.8. The highest BCUT2D eigenvalue weighted by Crippen LogP contribution is 2.15. The highest BCUT2D eigenvalue weighted by molar-refractivity contribution is 14.1. The van der Waals surface area contributed by atoms with Gasteiger partial charge in [0.05, 0.1) is 6.04 Å². The second kappa shape index (κ2) is 7.28. The highest BCUT2D eigenvalue weighted by atomic mass is 127. The number of carbonyl (C=O) groups excluding carboxylic acids is 1. The van der Waals surface area contributed by atoms with Crippen molar-refractivity contribution in [2.24, 2.45) is 0 Å². The molecule has 2 rings (SSSR count). The van der Waals surface area contributed by atoms with Gasteiger partial charge in [-0.1, -0.05) is 36.4 Å². The van der Waals surface area contributed by atoms with E-state index in [2.05, 4.69) is 27.9 Å². The molecule has 0 aliphatic rings. The first kappa shape index (κ1) is 14.8. The van der Waals surface area contributed by atoms with Crippen LogP contribution in [0.25, 0.3) is 0 Å². The lowest BCUT2D eigenvalue weighted by Gasteiger charge is -2.14. The van der Waals surface area contributed by atoms with E-state index >= 15 is 0 Å². The third kappa shape index (κ3) is 4.52. The summed E-state index contributed by atoms with van der Waals surface area (Å²) in [6, 6.07) is 17.5. The molecule has 0 aliphatic heterocycles. The number of benzene rings is 2. The maximum atomic E-state index is 11.8. The molecule has 20 heavy (non-hydrogen) atoms. The van der Waals surface area contributed by atoms with Crippen molar-refractivity contribution in [3.05, 3.63) is 63.7 Å². The number of hydrogen-bond donors (Lipinski definition) is 1. The molecule has 2 aromatic rings. The lowest BCUT2D eigenvalue weighted by atomic mass is 10.1. The van der Waals surface area contributed by atoms with Crippen LogP contribution >= 0.6 is 22.6 Å². The van der Waals surface area contributed by atoms with Crippen molar-refractivity contribution < 1.29 is 9.53 Å². The van der Waals surface area contributed by atoms with Crippen LogP contribution in [-0.4, -0.2) is 12.5 Å². The van der Waals surface area contributed by atoms with E-state index in [9.17, 15) is 4.79 Å². The normalized spacial score (nSPS) is 11.7. The topological polar surface area (TPSA) is 38.3 Å². The minimum atomic E-state index is -0.125. The Morgan fingerprint density at radius 3 is 2.65 bits per heavy atom. The molecule has 0 radical (unpaired) electrons. The quantitative estimate of drug-likeness (QED) is 0.805.